The Morgan fingerprint density at radius 1 is 1.32 bits per heavy atom. The molecule has 2 aromatic rings. The van der Waals surface area contributed by atoms with E-state index in [1.54, 1.807) is 0 Å². The molecule has 0 aliphatic heterocycles. The van der Waals surface area contributed by atoms with E-state index < -0.39 is 11.7 Å². The molecule has 0 atom stereocenters. The van der Waals surface area contributed by atoms with E-state index in [4.69, 9.17) is 11.1 Å². The largest absolute Gasteiger partial charge is 0.418 e. The maximum atomic E-state index is 12.9. The molecule has 0 radical (unpaired) electrons. The smallest absolute Gasteiger partial charge is 0.404 e. The Morgan fingerprint density at radius 3 is 2.63 bits per heavy atom. The summed E-state index contributed by atoms with van der Waals surface area (Å²) in [6.07, 6.45) is -1.22. The topological polar surface area (TPSA) is 75.7 Å². The third kappa shape index (κ3) is 2.40. The molecule has 0 fully saturated rings. The molecule has 4 nitrogen and oxygen atoms in total. The zero-order chi connectivity index (χ0) is 14.0. The van der Waals surface area contributed by atoms with Crippen molar-refractivity contribution in [2.75, 3.05) is 0 Å². The monoisotopic (exact) mass is 266 g/mol. The first-order valence-corrected chi connectivity index (χ1v) is 5.23. The predicted molar refractivity (Wildman–Crippen MR) is 65.5 cm³/mol. The van der Waals surface area contributed by atoms with Gasteiger partial charge in [0.15, 0.2) is 0 Å². The summed E-state index contributed by atoms with van der Waals surface area (Å²) in [4.78, 5) is 7.81. The molecule has 1 aromatic carbocycles. The Hall–Kier alpha value is -2.44. The van der Waals surface area contributed by atoms with Crippen LogP contribution in [0.5, 0.6) is 0 Å². The van der Waals surface area contributed by atoms with E-state index in [0.29, 0.717) is 0 Å². The number of hydrogen-bond acceptors (Lipinski definition) is 4. The highest BCUT2D eigenvalue weighted by Crippen LogP contribution is 2.33. The highest BCUT2D eigenvalue weighted by Gasteiger charge is 2.33. The number of rotatable bonds is 2. The molecule has 0 bridgehead atoms. The van der Waals surface area contributed by atoms with E-state index in [9.17, 15) is 13.2 Å². The van der Waals surface area contributed by atoms with Gasteiger partial charge in [-0.05, 0) is 12.1 Å². The Morgan fingerprint density at radius 2 is 2.05 bits per heavy atom. The minimum absolute atomic E-state index is 0.127. The Balaban J connectivity index is 2.74. The van der Waals surface area contributed by atoms with Crippen molar-refractivity contribution < 1.29 is 13.2 Å². The van der Waals surface area contributed by atoms with Crippen LogP contribution in [0.15, 0.2) is 30.6 Å². The summed E-state index contributed by atoms with van der Waals surface area (Å²) < 4.78 is 38.6. The Kier molecular flexibility index (Phi) is 3.20. The molecule has 1 aromatic heterocycles. The Labute approximate surface area is 106 Å². The fourth-order valence-corrected chi connectivity index (χ4v) is 1.61. The van der Waals surface area contributed by atoms with Gasteiger partial charge in [0, 0.05) is 18.0 Å². The van der Waals surface area contributed by atoms with E-state index in [2.05, 4.69) is 9.97 Å². The summed E-state index contributed by atoms with van der Waals surface area (Å²) in [5.74, 6) is 0. The van der Waals surface area contributed by atoms with Gasteiger partial charge in [0.25, 0.3) is 0 Å². The molecule has 0 amide bonds. The lowest BCUT2D eigenvalue weighted by molar-refractivity contribution is -0.136. The number of nitrogens with one attached hydrogen (secondary N) is 1. The van der Waals surface area contributed by atoms with Crippen molar-refractivity contribution in [1.29, 1.82) is 5.41 Å². The van der Waals surface area contributed by atoms with Crippen LogP contribution in [-0.4, -0.2) is 16.2 Å². The van der Waals surface area contributed by atoms with Crippen LogP contribution in [0.1, 0.15) is 11.3 Å². The first-order valence-electron chi connectivity index (χ1n) is 5.23. The second kappa shape index (κ2) is 4.68. The second-order valence-electron chi connectivity index (χ2n) is 3.69. The van der Waals surface area contributed by atoms with Crippen molar-refractivity contribution in [2.24, 2.45) is 5.73 Å². The van der Waals surface area contributed by atoms with Gasteiger partial charge in [-0.1, -0.05) is 6.07 Å². The molecule has 0 saturated carbocycles. The lowest BCUT2D eigenvalue weighted by Crippen LogP contribution is -2.08. The molecule has 0 aliphatic rings. The van der Waals surface area contributed by atoms with Crippen LogP contribution in [0.4, 0.5) is 13.2 Å². The van der Waals surface area contributed by atoms with Crippen LogP contribution in [-0.2, 0) is 6.18 Å². The van der Waals surface area contributed by atoms with Gasteiger partial charge < -0.3 is 11.1 Å². The van der Waals surface area contributed by atoms with Gasteiger partial charge in [-0.2, -0.15) is 13.2 Å². The summed E-state index contributed by atoms with van der Waals surface area (Å²) in [5.41, 5.74) is 4.63. The number of fused-ring (bicyclic) bond motifs is 1. The summed E-state index contributed by atoms with van der Waals surface area (Å²) in [6.45, 7) is 0. The van der Waals surface area contributed by atoms with Gasteiger partial charge in [-0.3, -0.25) is 4.98 Å². The lowest BCUT2D eigenvalue weighted by Gasteiger charge is -2.10. The number of aromatic nitrogens is 2. The second-order valence-corrected chi connectivity index (χ2v) is 3.69. The Bertz CT molecular complexity index is 662. The van der Waals surface area contributed by atoms with Gasteiger partial charge >= 0.3 is 6.18 Å². The van der Waals surface area contributed by atoms with E-state index in [1.165, 1.54) is 18.3 Å². The third-order valence-electron chi connectivity index (χ3n) is 2.51. The highest BCUT2D eigenvalue weighted by atomic mass is 19.4. The van der Waals surface area contributed by atoms with E-state index in [0.717, 1.165) is 18.5 Å². The highest BCUT2D eigenvalue weighted by molar-refractivity contribution is 6.07. The molecule has 0 unspecified atom stereocenters. The summed E-state index contributed by atoms with van der Waals surface area (Å²) in [6, 6.07) is 3.66. The zero-order valence-electron chi connectivity index (χ0n) is 9.57. The molecule has 1 heterocycles. The minimum atomic E-state index is -4.51. The van der Waals surface area contributed by atoms with Crippen LogP contribution in [0.3, 0.4) is 0 Å². The van der Waals surface area contributed by atoms with Gasteiger partial charge in [-0.25, -0.2) is 4.98 Å². The van der Waals surface area contributed by atoms with Gasteiger partial charge in [-0.15, -0.1) is 0 Å². The van der Waals surface area contributed by atoms with Gasteiger partial charge in [0.2, 0.25) is 0 Å². The predicted octanol–water partition coefficient (Wildman–Crippen LogP) is 2.60. The molecule has 98 valence electrons. The van der Waals surface area contributed by atoms with Crippen LogP contribution in [0.2, 0.25) is 0 Å². The summed E-state index contributed by atoms with van der Waals surface area (Å²) >= 11 is 0. The molecule has 0 aliphatic carbocycles. The molecule has 0 spiro atoms. The molecule has 19 heavy (non-hydrogen) atoms. The summed E-state index contributed by atoms with van der Waals surface area (Å²) in [5, 5.41) is 7.12. The van der Waals surface area contributed by atoms with Crippen LogP contribution < -0.4 is 5.73 Å². The molecule has 3 N–H and O–H groups in total. The van der Waals surface area contributed by atoms with E-state index in [-0.39, 0.29) is 22.3 Å². The first kappa shape index (κ1) is 13.0. The van der Waals surface area contributed by atoms with Crippen molar-refractivity contribution in [3.05, 3.63) is 41.9 Å². The minimum Gasteiger partial charge on any atom is -0.404 e. The van der Waals surface area contributed by atoms with Gasteiger partial charge in [0.05, 0.1) is 23.0 Å². The summed E-state index contributed by atoms with van der Waals surface area (Å²) in [7, 11) is 0. The number of allylic oxidation sites excluding steroid dienone is 1. The normalized spacial score (nSPS) is 12.7. The number of alkyl halides is 3. The number of hydrogen-bond donors (Lipinski definition) is 2. The van der Waals surface area contributed by atoms with Crippen molar-refractivity contribution in [3.63, 3.8) is 0 Å². The SMILES string of the molecule is N=CC(=CN)c1cnc2cccc(C(F)(F)F)c2n1. The van der Waals surface area contributed by atoms with Crippen LogP contribution in [0.25, 0.3) is 16.6 Å². The maximum Gasteiger partial charge on any atom is 0.418 e. The van der Waals surface area contributed by atoms with Crippen LogP contribution >= 0.6 is 0 Å². The van der Waals surface area contributed by atoms with E-state index in [1.807, 2.05) is 0 Å². The number of benzene rings is 1. The third-order valence-corrected chi connectivity index (χ3v) is 2.51. The lowest BCUT2D eigenvalue weighted by atomic mass is 10.1. The maximum absolute atomic E-state index is 12.9. The van der Waals surface area contributed by atoms with E-state index >= 15 is 0 Å². The van der Waals surface area contributed by atoms with Crippen molar-refractivity contribution in [1.82, 2.24) is 9.97 Å². The fraction of sp³-hybridized carbons (Fsp3) is 0.0833. The molecule has 0 saturated heterocycles. The van der Waals surface area contributed by atoms with Crippen molar-refractivity contribution >= 4 is 22.8 Å². The number of nitrogens with two attached hydrogens (primary N) is 1. The molecule has 7 heteroatoms. The molecular weight excluding hydrogens is 257 g/mol. The molecule has 2 rings (SSSR count). The number of para-hydroxylation sites is 1. The number of nitrogens with zero attached hydrogens (tertiary/aromatic N) is 2. The standard InChI is InChI=1S/C12H9F3N4/c13-12(14,15)8-2-1-3-9-11(8)19-10(6-18-9)7(4-16)5-17/h1-6,16H,17H2. The van der Waals surface area contributed by atoms with Crippen molar-refractivity contribution in [2.45, 2.75) is 6.18 Å². The first-order chi connectivity index (χ1) is 8.97. The molecular formula is C12H9F3N4. The quantitative estimate of drug-likeness (QED) is 0.820. The average molecular weight is 266 g/mol. The van der Waals surface area contributed by atoms with Gasteiger partial charge in [0.1, 0.15) is 5.52 Å². The van der Waals surface area contributed by atoms with Crippen LogP contribution in [0, 0.1) is 5.41 Å². The fourth-order valence-electron chi connectivity index (χ4n) is 1.61. The van der Waals surface area contributed by atoms with Crippen molar-refractivity contribution in [3.8, 4) is 0 Å². The number of halogens is 3. The zero-order valence-corrected chi connectivity index (χ0v) is 9.57. The average Bonchev–Trinajstić information content (AvgIpc) is 2.38.